The zero-order valence-corrected chi connectivity index (χ0v) is 12.4. The van der Waals surface area contributed by atoms with Crippen LogP contribution in [0.5, 0.6) is 0 Å². The summed E-state index contributed by atoms with van der Waals surface area (Å²) in [6.45, 7) is 3.70. The summed E-state index contributed by atoms with van der Waals surface area (Å²) in [4.78, 5) is 13.1. The third-order valence-electron chi connectivity index (χ3n) is 3.36. The van der Waals surface area contributed by atoms with E-state index in [2.05, 4.69) is 0 Å². The maximum absolute atomic E-state index is 11.2. The van der Waals surface area contributed by atoms with E-state index in [9.17, 15) is 4.79 Å². The second-order valence-corrected chi connectivity index (χ2v) is 5.58. The predicted molar refractivity (Wildman–Crippen MR) is 76.5 cm³/mol. The van der Waals surface area contributed by atoms with Crippen molar-refractivity contribution < 1.29 is 9.53 Å². The molecule has 2 rings (SSSR count). The highest BCUT2D eigenvalue weighted by Crippen LogP contribution is 2.23. The molecule has 5 heteroatoms. The number of ether oxygens (including phenoxy) is 1. The number of benzene rings is 1. The van der Waals surface area contributed by atoms with E-state index in [0.29, 0.717) is 16.7 Å². The first-order chi connectivity index (χ1) is 9.06. The number of carbonyl (C=O) groups excluding carboxylic acids is 1. The minimum atomic E-state index is 0.142. The lowest BCUT2D eigenvalue weighted by Gasteiger charge is -2.31. The number of rotatable bonds is 3. The largest absolute Gasteiger partial charge is 0.373 e. The fraction of sp³-hybridized carbons (Fsp3) is 0.500. The smallest absolute Gasteiger partial charge is 0.219 e. The van der Waals surface area contributed by atoms with E-state index in [0.717, 1.165) is 31.5 Å². The number of amides is 1. The van der Waals surface area contributed by atoms with Crippen molar-refractivity contribution >= 4 is 29.1 Å². The number of carbonyl (C=O) groups is 1. The Balaban J connectivity index is 1.80. The van der Waals surface area contributed by atoms with Gasteiger partial charge in [-0.05, 0) is 30.5 Å². The van der Waals surface area contributed by atoms with Gasteiger partial charge in [0, 0.05) is 20.0 Å². The number of likely N-dealkylation sites (tertiary alicyclic amines) is 1. The Morgan fingerprint density at radius 1 is 1.32 bits per heavy atom. The van der Waals surface area contributed by atoms with Gasteiger partial charge in [0.1, 0.15) is 0 Å². The van der Waals surface area contributed by atoms with E-state index >= 15 is 0 Å². The molecule has 0 atom stereocenters. The van der Waals surface area contributed by atoms with Gasteiger partial charge in [-0.15, -0.1) is 0 Å². The van der Waals surface area contributed by atoms with Crippen LogP contribution in [0.1, 0.15) is 25.3 Å². The zero-order chi connectivity index (χ0) is 13.8. The van der Waals surface area contributed by atoms with Crippen molar-refractivity contribution in [2.24, 2.45) is 0 Å². The molecule has 1 aromatic rings. The van der Waals surface area contributed by atoms with Crippen molar-refractivity contribution in [2.75, 3.05) is 13.1 Å². The molecule has 0 bridgehead atoms. The molecule has 1 fully saturated rings. The van der Waals surface area contributed by atoms with Gasteiger partial charge >= 0.3 is 0 Å². The van der Waals surface area contributed by atoms with Crippen molar-refractivity contribution in [3.63, 3.8) is 0 Å². The molecule has 1 heterocycles. The Kier molecular flexibility index (Phi) is 5.08. The molecule has 1 aromatic carbocycles. The Bertz CT molecular complexity index is 457. The lowest BCUT2D eigenvalue weighted by molar-refractivity contribution is -0.131. The zero-order valence-electron chi connectivity index (χ0n) is 10.9. The summed E-state index contributed by atoms with van der Waals surface area (Å²) in [6, 6.07) is 5.52. The number of halogens is 2. The normalized spacial score (nSPS) is 16.7. The number of hydrogen-bond donors (Lipinski definition) is 0. The van der Waals surface area contributed by atoms with Gasteiger partial charge in [-0.3, -0.25) is 4.79 Å². The maximum atomic E-state index is 11.2. The van der Waals surface area contributed by atoms with E-state index in [1.807, 2.05) is 17.0 Å². The molecule has 1 aliphatic rings. The van der Waals surface area contributed by atoms with E-state index in [1.165, 1.54) is 0 Å². The van der Waals surface area contributed by atoms with Gasteiger partial charge in [-0.25, -0.2) is 0 Å². The molecule has 0 N–H and O–H groups in total. The molecule has 0 radical (unpaired) electrons. The molecule has 3 nitrogen and oxygen atoms in total. The monoisotopic (exact) mass is 301 g/mol. The highest BCUT2D eigenvalue weighted by Gasteiger charge is 2.20. The number of hydrogen-bond acceptors (Lipinski definition) is 2. The van der Waals surface area contributed by atoms with Crippen molar-refractivity contribution in [2.45, 2.75) is 32.5 Å². The van der Waals surface area contributed by atoms with Crippen molar-refractivity contribution in [1.29, 1.82) is 0 Å². The molecule has 1 aliphatic heterocycles. The van der Waals surface area contributed by atoms with Gasteiger partial charge in [-0.1, -0.05) is 29.3 Å². The standard InChI is InChI=1S/C14H17Cl2NO2/c1-10(18)17-6-4-12(5-7-17)19-9-11-2-3-13(15)14(16)8-11/h2-3,8,12H,4-7,9H2,1H3. The van der Waals surface area contributed by atoms with Gasteiger partial charge in [0.15, 0.2) is 0 Å². The fourth-order valence-electron chi connectivity index (χ4n) is 2.18. The van der Waals surface area contributed by atoms with Crippen molar-refractivity contribution in [3.8, 4) is 0 Å². The Morgan fingerprint density at radius 3 is 2.58 bits per heavy atom. The molecular weight excluding hydrogens is 285 g/mol. The van der Waals surface area contributed by atoms with Gasteiger partial charge in [0.05, 0.1) is 22.8 Å². The van der Waals surface area contributed by atoms with Crippen LogP contribution in [-0.4, -0.2) is 30.0 Å². The third kappa shape index (κ3) is 4.10. The molecule has 0 unspecified atom stereocenters. The Labute approximate surface area is 123 Å². The highest BCUT2D eigenvalue weighted by molar-refractivity contribution is 6.42. The summed E-state index contributed by atoms with van der Waals surface area (Å²) in [5, 5.41) is 1.11. The Morgan fingerprint density at radius 2 is 2.00 bits per heavy atom. The number of piperidine rings is 1. The van der Waals surface area contributed by atoms with Gasteiger partial charge < -0.3 is 9.64 Å². The van der Waals surface area contributed by atoms with Crippen LogP contribution >= 0.6 is 23.2 Å². The van der Waals surface area contributed by atoms with Crippen LogP contribution < -0.4 is 0 Å². The highest BCUT2D eigenvalue weighted by atomic mass is 35.5. The molecule has 104 valence electrons. The molecule has 0 spiro atoms. The summed E-state index contributed by atoms with van der Waals surface area (Å²) < 4.78 is 5.85. The minimum Gasteiger partial charge on any atom is -0.373 e. The minimum absolute atomic E-state index is 0.142. The van der Waals surface area contributed by atoms with E-state index in [1.54, 1.807) is 13.0 Å². The SMILES string of the molecule is CC(=O)N1CCC(OCc2ccc(Cl)c(Cl)c2)CC1. The van der Waals surface area contributed by atoms with E-state index in [4.69, 9.17) is 27.9 Å². The molecule has 1 amide bonds. The van der Waals surface area contributed by atoms with Gasteiger partial charge in [0.25, 0.3) is 0 Å². The van der Waals surface area contributed by atoms with Crippen LogP contribution in [0.4, 0.5) is 0 Å². The third-order valence-corrected chi connectivity index (χ3v) is 4.10. The molecule has 0 aromatic heterocycles. The van der Waals surface area contributed by atoms with Crippen molar-refractivity contribution in [1.82, 2.24) is 4.90 Å². The van der Waals surface area contributed by atoms with Gasteiger partial charge in [-0.2, -0.15) is 0 Å². The first kappa shape index (κ1) is 14.6. The summed E-state index contributed by atoms with van der Waals surface area (Å²) in [7, 11) is 0. The van der Waals surface area contributed by atoms with Crippen LogP contribution in [0.3, 0.4) is 0 Å². The van der Waals surface area contributed by atoms with Crippen LogP contribution in [0, 0.1) is 0 Å². The van der Waals surface area contributed by atoms with Crippen LogP contribution in [-0.2, 0) is 16.1 Å². The quantitative estimate of drug-likeness (QED) is 0.855. The van der Waals surface area contributed by atoms with Crippen LogP contribution in [0.25, 0.3) is 0 Å². The average Bonchev–Trinajstić information content (AvgIpc) is 2.40. The molecular formula is C14H17Cl2NO2. The molecule has 0 saturated carbocycles. The topological polar surface area (TPSA) is 29.5 Å². The molecule has 19 heavy (non-hydrogen) atoms. The van der Waals surface area contributed by atoms with Crippen LogP contribution in [0.15, 0.2) is 18.2 Å². The Hall–Kier alpha value is -0.770. The second kappa shape index (κ2) is 6.60. The second-order valence-electron chi connectivity index (χ2n) is 4.76. The molecule has 0 aliphatic carbocycles. The van der Waals surface area contributed by atoms with Crippen molar-refractivity contribution in [3.05, 3.63) is 33.8 Å². The summed E-state index contributed by atoms with van der Waals surface area (Å²) >= 11 is 11.8. The maximum Gasteiger partial charge on any atom is 0.219 e. The fourth-order valence-corrected chi connectivity index (χ4v) is 2.50. The predicted octanol–water partition coefficient (Wildman–Crippen LogP) is 3.52. The van der Waals surface area contributed by atoms with Gasteiger partial charge in [0.2, 0.25) is 5.91 Å². The molecule has 1 saturated heterocycles. The van der Waals surface area contributed by atoms with E-state index < -0.39 is 0 Å². The lowest BCUT2D eigenvalue weighted by Crippen LogP contribution is -2.39. The summed E-state index contributed by atoms with van der Waals surface area (Å²) in [5.74, 6) is 0.142. The first-order valence-electron chi connectivity index (χ1n) is 6.37. The number of nitrogens with zero attached hydrogens (tertiary/aromatic N) is 1. The summed E-state index contributed by atoms with van der Waals surface area (Å²) in [6.07, 6.45) is 1.99. The first-order valence-corrected chi connectivity index (χ1v) is 7.13. The van der Waals surface area contributed by atoms with E-state index in [-0.39, 0.29) is 12.0 Å². The average molecular weight is 302 g/mol. The van der Waals surface area contributed by atoms with Crippen LogP contribution in [0.2, 0.25) is 10.0 Å². The lowest BCUT2D eigenvalue weighted by atomic mass is 10.1. The summed E-state index contributed by atoms with van der Waals surface area (Å²) in [5.41, 5.74) is 1.02.